The zero-order valence-electron chi connectivity index (χ0n) is 11.2. The molecule has 0 bridgehead atoms. The lowest BCUT2D eigenvalue weighted by molar-refractivity contribution is -0.120. The predicted octanol–water partition coefficient (Wildman–Crippen LogP) is 1.84. The number of carbonyl (C=O) groups is 1. The fourth-order valence-corrected chi connectivity index (χ4v) is 1.70. The maximum Gasteiger partial charge on any atom is 0.234 e. The second-order valence-electron chi connectivity index (χ2n) is 4.35. The lowest BCUT2D eigenvalue weighted by Crippen LogP contribution is -2.33. The van der Waals surface area contributed by atoms with Crippen LogP contribution in [0.1, 0.15) is 29.2 Å². The van der Waals surface area contributed by atoms with Crippen LogP contribution >= 0.6 is 0 Å². The van der Waals surface area contributed by atoms with Crippen molar-refractivity contribution in [1.82, 2.24) is 10.6 Å². The van der Waals surface area contributed by atoms with Crippen LogP contribution in [0.25, 0.3) is 0 Å². The summed E-state index contributed by atoms with van der Waals surface area (Å²) in [6.07, 6.45) is 0. The van der Waals surface area contributed by atoms with Crippen molar-refractivity contribution in [1.29, 1.82) is 0 Å². The second kappa shape index (κ2) is 6.40. The van der Waals surface area contributed by atoms with Crippen LogP contribution in [-0.4, -0.2) is 19.0 Å². The van der Waals surface area contributed by atoms with Gasteiger partial charge in [-0.05, 0) is 49.6 Å². The van der Waals surface area contributed by atoms with Gasteiger partial charge in [0.05, 0.1) is 6.54 Å². The van der Waals surface area contributed by atoms with E-state index in [0.29, 0.717) is 13.1 Å². The molecule has 0 saturated carbocycles. The summed E-state index contributed by atoms with van der Waals surface area (Å²) < 4.78 is 0. The van der Waals surface area contributed by atoms with Crippen molar-refractivity contribution < 1.29 is 4.79 Å². The molecule has 0 saturated heterocycles. The highest BCUT2D eigenvalue weighted by Crippen LogP contribution is 2.16. The molecule has 94 valence electrons. The van der Waals surface area contributed by atoms with E-state index >= 15 is 0 Å². The van der Waals surface area contributed by atoms with E-state index < -0.39 is 0 Å². The highest BCUT2D eigenvalue weighted by Gasteiger charge is 2.05. The first-order chi connectivity index (χ1) is 8.06. The Morgan fingerprint density at radius 1 is 1.18 bits per heavy atom. The molecule has 0 radical (unpaired) electrons. The quantitative estimate of drug-likeness (QED) is 0.816. The maximum absolute atomic E-state index is 11.5. The minimum Gasteiger partial charge on any atom is -0.351 e. The maximum atomic E-state index is 11.5. The molecule has 1 amide bonds. The lowest BCUT2D eigenvalue weighted by Gasteiger charge is -2.12. The predicted molar refractivity (Wildman–Crippen MR) is 71.0 cm³/mol. The van der Waals surface area contributed by atoms with E-state index in [1.165, 1.54) is 22.3 Å². The van der Waals surface area contributed by atoms with Crippen LogP contribution in [0.4, 0.5) is 0 Å². The van der Waals surface area contributed by atoms with E-state index in [4.69, 9.17) is 0 Å². The SMILES string of the molecule is CCNCC(=O)NCc1ccc(C)c(C)c1C. The first-order valence-corrected chi connectivity index (χ1v) is 6.09. The number of hydrogen-bond acceptors (Lipinski definition) is 2. The Morgan fingerprint density at radius 3 is 2.53 bits per heavy atom. The standard InChI is InChI=1S/C14H22N2O/c1-5-15-9-14(17)16-8-13-7-6-10(2)11(3)12(13)4/h6-7,15H,5,8-9H2,1-4H3,(H,16,17). The van der Waals surface area contributed by atoms with Gasteiger partial charge in [-0.15, -0.1) is 0 Å². The van der Waals surface area contributed by atoms with Crippen molar-refractivity contribution in [2.24, 2.45) is 0 Å². The molecule has 17 heavy (non-hydrogen) atoms. The minimum absolute atomic E-state index is 0.0458. The van der Waals surface area contributed by atoms with E-state index in [-0.39, 0.29) is 5.91 Å². The van der Waals surface area contributed by atoms with Crippen molar-refractivity contribution in [2.75, 3.05) is 13.1 Å². The van der Waals surface area contributed by atoms with Gasteiger partial charge in [-0.3, -0.25) is 4.79 Å². The average Bonchev–Trinajstić information content (AvgIpc) is 2.32. The van der Waals surface area contributed by atoms with Crippen LogP contribution in [0.5, 0.6) is 0 Å². The molecule has 0 unspecified atom stereocenters. The highest BCUT2D eigenvalue weighted by molar-refractivity contribution is 5.78. The largest absolute Gasteiger partial charge is 0.351 e. The van der Waals surface area contributed by atoms with E-state index in [9.17, 15) is 4.79 Å². The normalized spacial score (nSPS) is 10.4. The van der Waals surface area contributed by atoms with Crippen molar-refractivity contribution in [2.45, 2.75) is 34.2 Å². The van der Waals surface area contributed by atoms with Crippen molar-refractivity contribution >= 4 is 5.91 Å². The zero-order valence-corrected chi connectivity index (χ0v) is 11.2. The molecule has 1 aromatic rings. The number of aryl methyl sites for hydroxylation is 1. The van der Waals surface area contributed by atoms with Gasteiger partial charge in [-0.1, -0.05) is 19.1 Å². The summed E-state index contributed by atoms with van der Waals surface area (Å²) in [6.45, 7) is 10.1. The van der Waals surface area contributed by atoms with Gasteiger partial charge in [0.25, 0.3) is 0 Å². The van der Waals surface area contributed by atoms with Crippen molar-refractivity contribution in [3.63, 3.8) is 0 Å². The molecule has 0 fully saturated rings. The molecule has 0 aromatic heterocycles. The van der Waals surface area contributed by atoms with Gasteiger partial charge >= 0.3 is 0 Å². The summed E-state index contributed by atoms with van der Waals surface area (Å²) in [5.74, 6) is 0.0458. The third-order valence-corrected chi connectivity index (χ3v) is 3.18. The molecule has 1 rings (SSSR count). The Morgan fingerprint density at radius 2 is 1.88 bits per heavy atom. The van der Waals surface area contributed by atoms with Crippen LogP contribution in [-0.2, 0) is 11.3 Å². The summed E-state index contributed by atoms with van der Waals surface area (Å²) in [5, 5.41) is 5.93. The van der Waals surface area contributed by atoms with Gasteiger partial charge in [-0.25, -0.2) is 0 Å². The number of amides is 1. The summed E-state index contributed by atoms with van der Waals surface area (Å²) in [6, 6.07) is 4.19. The molecule has 0 heterocycles. The van der Waals surface area contributed by atoms with Crippen molar-refractivity contribution in [3.8, 4) is 0 Å². The number of carbonyl (C=O) groups excluding carboxylic acids is 1. The molecular formula is C14H22N2O. The van der Waals surface area contributed by atoms with Crippen LogP contribution in [0.15, 0.2) is 12.1 Å². The number of nitrogens with one attached hydrogen (secondary N) is 2. The monoisotopic (exact) mass is 234 g/mol. The third kappa shape index (κ3) is 3.86. The second-order valence-corrected chi connectivity index (χ2v) is 4.35. The van der Waals surface area contributed by atoms with E-state index in [2.05, 4.69) is 43.5 Å². The van der Waals surface area contributed by atoms with Gasteiger partial charge < -0.3 is 10.6 Å². The Hall–Kier alpha value is -1.35. The van der Waals surface area contributed by atoms with Gasteiger partial charge in [0.2, 0.25) is 5.91 Å². The van der Waals surface area contributed by atoms with Gasteiger partial charge in [-0.2, -0.15) is 0 Å². The smallest absolute Gasteiger partial charge is 0.234 e. The van der Waals surface area contributed by atoms with Gasteiger partial charge in [0.1, 0.15) is 0 Å². The first kappa shape index (κ1) is 13.7. The first-order valence-electron chi connectivity index (χ1n) is 6.09. The lowest BCUT2D eigenvalue weighted by atomic mass is 9.99. The molecule has 0 aliphatic carbocycles. The van der Waals surface area contributed by atoms with Gasteiger partial charge in [0, 0.05) is 6.54 Å². The van der Waals surface area contributed by atoms with Crippen LogP contribution in [0.3, 0.4) is 0 Å². The number of likely N-dealkylation sites (N-methyl/N-ethyl adjacent to an activating group) is 1. The molecule has 3 nitrogen and oxygen atoms in total. The fourth-order valence-electron chi connectivity index (χ4n) is 1.70. The number of hydrogen-bond donors (Lipinski definition) is 2. The third-order valence-electron chi connectivity index (χ3n) is 3.18. The highest BCUT2D eigenvalue weighted by atomic mass is 16.1. The molecule has 0 spiro atoms. The summed E-state index contributed by atoms with van der Waals surface area (Å²) in [5.41, 5.74) is 5.07. The number of benzene rings is 1. The van der Waals surface area contributed by atoms with E-state index in [1.54, 1.807) is 0 Å². The van der Waals surface area contributed by atoms with Crippen LogP contribution in [0, 0.1) is 20.8 Å². The van der Waals surface area contributed by atoms with Gasteiger partial charge in [0.15, 0.2) is 0 Å². The molecule has 2 N–H and O–H groups in total. The topological polar surface area (TPSA) is 41.1 Å². The fraction of sp³-hybridized carbons (Fsp3) is 0.500. The summed E-state index contributed by atoms with van der Waals surface area (Å²) in [4.78, 5) is 11.5. The molecule has 3 heteroatoms. The average molecular weight is 234 g/mol. The molecule has 1 aromatic carbocycles. The molecule has 0 aliphatic heterocycles. The Bertz CT molecular complexity index is 399. The molecule has 0 atom stereocenters. The molecular weight excluding hydrogens is 212 g/mol. The number of rotatable bonds is 5. The summed E-state index contributed by atoms with van der Waals surface area (Å²) >= 11 is 0. The Kier molecular flexibility index (Phi) is 5.16. The van der Waals surface area contributed by atoms with Crippen LogP contribution < -0.4 is 10.6 Å². The van der Waals surface area contributed by atoms with E-state index in [1.807, 2.05) is 6.92 Å². The zero-order chi connectivity index (χ0) is 12.8. The Labute approximate surface area is 104 Å². The minimum atomic E-state index is 0.0458. The van der Waals surface area contributed by atoms with Crippen LogP contribution in [0.2, 0.25) is 0 Å². The van der Waals surface area contributed by atoms with E-state index in [0.717, 1.165) is 6.54 Å². The molecule has 0 aliphatic rings. The van der Waals surface area contributed by atoms with Crippen molar-refractivity contribution in [3.05, 3.63) is 34.4 Å². The Balaban J connectivity index is 2.58. The summed E-state index contributed by atoms with van der Waals surface area (Å²) in [7, 11) is 0.